The molecule has 0 aliphatic heterocycles. The first-order valence-electron chi connectivity index (χ1n) is 6.98. The van der Waals surface area contributed by atoms with Gasteiger partial charge in [-0.05, 0) is 44.7 Å². The predicted octanol–water partition coefficient (Wildman–Crippen LogP) is 2.53. The Kier molecular flexibility index (Phi) is 3.19. The number of nitrogens with two attached hydrogens (primary N) is 1. The monoisotopic (exact) mass is 259 g/mol. The first kappa shape index (κ1) is 12.5. The number of hydrogen-bond donors (Lipinski definition) is 1. The van der Waals surface area contributed by atoms with Crippen molar-refractivity contribution in [1.29, 1.82) is 0 Å². The van der Waals surface area contributed by atoms with Crippen molar-refractivity contribution in [2.75, 3.05) is 0 Å². The van der Waals surface area contributed by atoms with Crippen LogP contribution in [0.1, 0.15) is 31.2 Å². The smallest absolute Gasteiger partial charge is 0.123 e. The third kappa shape index (κ3) is 2.45. The minimum atomic E-state index is 0.313. The molecule has 1 aromatic carbocycles. The molecule has 102 valence electrons. The lowest BCUT2D eigenvalue weighted by atomic mass is 9.93. The Morgan fingerprint density at radius 3 is 2.74 bits per heavy atom. The van der Waals surface area contributed by atoms with Crippen LogP contribution in [0.4, 0.5) is 0 Å². The van der Waals surface area contributed by atoms with Crippen LogP contribution in [0.15, 0.2) is 18.3 Å². The lowest BCUT2D eigenvalue weighted by Gasteiger charge is -2.27. The van der Waals surface area contributed by atoms with Gasteiger partial charge in [0, 0.05) is 30.2 Å². The van der Waals surface area contributed by atoms with E-state index in [2.05, 4.69) is 12.0 Å². The Balaban J connectivity index is 1.82. The Morgan fingerprint density at radius 2 is 2.00 bits per heavy atom. The van der Waals surface area contributed by atoms with Crippen LogP contribution < -0.4 is 10.5 Å². The second-order valence-electron chi connectivity index (χ2n) is 5.58. The average molecular weight is 259 g/mol. The van der Waals surface area contributed by atoms with Crippen LogP contribution in [-0.2, 0) is 7.05 Å². The van der Waals surface area contributed by atoms with E-state index in [4.69, 9.17) is 10.5 Å². The van der Waals surface area contributed by atoms with Gasteiger partial charge in [-0.25, -0.2) is 0 Å². The molecule has 0 saturated heterocycles. The van der Waals surface area contributed by atoms with Crippen molar-refractivity contribution in [1.82, 2.24) is 9.78 Å². The summed E-state index contributed by atoms with van der Waals surface area (Å²) in [5.41, 5.74) is 8.14. The second kappa shape index (κ2) is 4.85. The molecule has 2 N–H and O–H groups in total. The second-order valence-corrected chi connectivity index (χ2v) is 5.58. The number of fused-ring (bicyclic) bond motifs is 1. The summed E-state index contributed by atoms with van der Waals surface area (Å²) in [5.74, 6) is 0.987. The average Bonchev–Trinajstić information content (AvgIpc) is 2.77. The molecule has 19 heavy (non-hydrogen) atoms. The normalized spacial score (nSPS) is 23.7. The number of ether oxygens (including phenoxy) is 1. The van der Waals surface area contributed by atoms with Crippen molar-refractivity contribution in [3.63, 3.8) is 0 Å². The molecule has 3 rings (SSSR count). The van der Waals surface area contributed by atoms with E-state index in [1.807, 2.05) is 30.1 Å². The summed E-state index contributed by atoms with van der Waals surface area (Å²) < 4.78 is 8.01. The van der Waals surface area contributed by atoms with Crippen molar-refractivity contribution < 1.29 is 4.74 Å². The molecule has 1 fully saturated rings. The number of nitrogens with zero attached hydrogens (tertiary/aromatic N) is 2. The van der Waals surface area contributed by atoms with Gasteiger partial charge in [0.2, 0.25) is 0 Å². The number of aryl methyl sites for hydroxylation is 2. The van der Waals surface area contributed by atoms with Gasteiger partial charge in [0.1, 0.15) is 5.75 Å². The van der Waals surface area contributed by atoms with Gasteiger partial charge >= 0.3 is 0 Å². The van der Waals surface area contributed by atoms with Gasteiger partial charge in [0.15, 0.2) is 0 Å². The van der Waals surface area contributed by atoms with E-state index >= 15 is 0 Å². The highest BCUT2D eigenvalue weighted by molar-refractivity contribution is 5.83. The molecular weight excluding hydrogens is 238 g/mol. The Morgan fingerprint density at radius 1 is 1.26 bits per heavy atom. The molecule has 0 unspecified atom stereocenters. The molecule has 1 aromatic heterocycles. The molecule has 0 spiro atoms. The SMILES string of the molecule is Cc1c(OC2CCC(N)CC2)ccc2nn(C)cc12. The van der Waals surface area contributed by atoms with Crippen molar-refractivity contribution in [2.45, 2.75) is 44.8 Å². The molecule has 0 radical (unpaired) electrons. The summed E-state index contributed by atoms with van der Waals surface area (Å²) in [6, 6.07) is 4.44. The molecule has 4 heteroatoms. The Labute approximate surface area is 113 Å². The van der Waals surface area contributed by atoms with Crippen molar-refractivity contribution in [2.24, 2.45) is 12.8 Å². The highest BCUT2D eigenvalue weighted by atomic mass is 16.5. The van der Waals surface area contributed by atoms with Crippen LogP contribution in [0.2, 0.25) is 0 Å². The summed E-state index contributed by atoms with van der Waals surface area (Å²) in [4.78, 5) is 0. The maximum absolute atomic E-state index is 6.16. The summed E-state index contributed by atoms with van der Waals surface area (Å²) in [5, 5.41) is 5.59. The number of benzene rings is 1. The zero-order valence-electron chi connectivity index (χ0n) is 11.6. The highest BCUT2D eigenvalue weighted by Gasteiger charge is 2.20. The van der Waals surface area contributed by atoms with E-state index in [0.717, 1.165) is 36.9 Å². The Bertz CT molecular complexity index is 582. The molecule has 1 aliphatic rings. The summed E-state index contributed by atoms with van der Waals surface area (Å²) in [6.45, 7) is 2.11. The van der Waals surface area contributed by atoms with Crippen LogP contribution in [0.25, 0.3) is 10.9 Å². The van der Waals surface area contributed by atoms with Gasteiger partial charge in [-0.2, -0.15) is 5.10 Å². The predicted molar refractivity (Wildman–Crippen MR) is 76.3 cm³/mol. The van der Waals surface area contributed by atoms with Crippen LogP contribution in [0, 0.1) is 6.92 Å². The van der Waals surface area contributed by atoms with E-state index in [1.165, 1.54) is 10.9 Å². The van der Waals surface area contributed by atoms with E-state index in [9.17, 15) is 0 Å². The largest absolute Gasteiger partial charge is 0.490 e. The topological polar surface area (TPSA) is 53.1 Å². The Hall–Kier alpha value is -1.55. The van der Waals surface area contributed by atoms with Crippen LogP contribution in [0.3, 0.4) is 0 Å². The lowest BCUT2D eigenvalue weighted by Crippen LogP contribution is -2.31. The van der Waals surface area contributed by atoms with Gasteiger partial charge < -0.3 is 10.5 Å². The molecular formula is C15H21N3O. The van der Waals surface area contributed by atoms with Crippen molar-refractivity contribution >= 4 is 10.9 Å². The maximum atomic E-state index is 6.16. The van der Waals surface area contributed by atoms with Gasteiger partial charge in [-0.1, -0.05) is 0 Å². The van der Waals surface area contributed by atoms with Gasteiger partial charge in [0.25, 0.3) is 0 Å². The maximum Gasteiger partial charge on any atom is 0.123 e. The molecule has 2 aromatic rings. The summed E-state index contributed by atoms with van der Waals surface area (Å²) in [7, 11) is 1.95. The summed E-state index contributed by atoms with van der Waals surface area (Å²) >= 11 is 0. The van der Waals surface area contributed by atoms with E-state index in [0.29, 0.717) is 12.1 Å². The lowest BCUT2D eigenvalue weighted by molar-refractivity contribution is 0.146. The van der Waals surface area contributed by atoms with Gasteiger partial charge in [0.05, 0.1) is 11.6 Å². The fraction of sp³-hybridized carbons (Fsp3) is 0.533. The third-order valence-electron chi connectivity index (χ3n) is 4.04. The van der Waals surface area contributed by atoms with Crippen LogP contribution >= 0.6 is 0 Å². The number of hydrogen-bond acceptors (Lipinski definition) is 3. The summed E-state index contributed by atoms with van der Waals surface area (Å²) in [6.07, 6.45) is 6.62. The number of aromatic nitrogens is 2. The van der Waals surface area contributed by atoms with E-state index in [1.54, 1.807) is 0 Å². The first-order valence-corrected chi connectivity index (χ1v) is 6.98. The molecule has 0 atom stereocenters. The third-order valence-corrected chi connectivity index (χ3v) is 4.04. The zero-order valence-corrected chi connectivity index (χ0v) is 11.6. The molecule has 0 bridgehead atoms. The minimum absolute atomic E-state index is 0.313. The van der Waals surface area contributed by atoms with E-state index in [-0.39, 0.29) is 0 Å². The molecule has 0 amide bonds. The molecule has 1 heterocycles. The minimum Gasteiger partial charge on any atom is -0.490 e. The standard InChI is InChI=1S/C15H21N3O/c1-10-13-9-18(2)17-14(13)7-8-15(10)19-12-5-3-11(16)4-6-12/h7-9,11-12H,3-6,16H2,1-2H3. The fourth-order valence-electron chi connectivity index (χ4n) is 2.84. The quantitative estimate of drug-likeness (QED) is 0.901. The fourth-order valence-corrected chi connectivity index (χ4v) is 2.84. The van der Waals surface area contributed by atoms with Gasteiger partial charge in [-0.3, -0.25) is 4.68 Å². The van der Waals surface area contributed by atoms with Crippen molar-refractivity contribution in [3.05, 3.63) is 23.9 Å². The van der Waals surface area contributed by atoms with E-state index < -0.39 is 0 Å². The molecule has 1 aliphatic carbocycles. The molecule has 1 saturated carbocycles. The van der Waals surface area contributed by atoms with Crippen LogP contribution in [0.5, 0.6) is 5.75 Å². The zero-order chi connectivity index (χ0) is 13.4. The number of rotatable bonds is 2. The van der Waals surface area contributed by atoms with Crippen LogP contribution in [-0.4, -0.2) is 21.9 Å². The molecule has 4 nitrogen and oxygen atoms in total. The first-order chi connectivity index (χ1) is 9.13. The highest BCUT2D eigenvalue weighted by Crippen LogP contribution is 2.29. The van der Waals surface area contributed by atoms with Gasteiger partial charge in [-0.15, -0.1) is 0 Å². The van der Waals surface area contributed by atoms with Crippen molar-refractivity contribution in [3.8, 4) is 5.75 Å².